The van der Waals surface area contributed by atoms with E-state index < -0.39 is 13.7 Å². The van der Waals surface area contributed by atoms with Crippen molar-refractivity contribution >= 4 is 13.6 Å². The predicted molar refractivity (Wildman–Crippen MR) is 152 cm³/mol. The minimum Gasteiger partial charge on any atom is -0.457 e. The maximum atomic E-state index is 12.5. The zero-order chi connectivity index (χ0) is 27.2. The van der Waals surface area contributed by atoms with E-state index in [0.29, 0.717) is 19.1 Å². The van der Waals surface area contributed by atoms with Gasteiger partial charge in [-0.15, -0.1) is 0 Å². The molecule has 1 N–H and O–H groups in total. The highest BCUT2D eigenvalue weighted by Gasteiger charge is 2.25. The van der Waals surface area contributed by atoms with E-state index in [2.05, 4.69) is 18.7 Å². The minimum atomic E-state index is -3.73. The smallest absolute Gasteiger partial charge is 0.329 e. The SMILES string of the molecule is CCCCCCCCCCCCC(CC)CCOCC(COP(=O)(O)CCN1CCCC1)OC(=O)CC. The van der Waals surface area contributed by atoms with Crippen LogP contribution in [0.5, 0.6) is 0 Å². The van der Waals surface area contributed by atoms with Crippen molar-refractivity contribution in [2.45, 2.75) is 130 Å². The second kappa shape index (κ2) is 22.4. The van der Waals surface area contributed by atoms with Crippen molar-refractivity contribution in [2.24, 2.45) is 5.92 Å². The lowest BCUT2D eigenvalue weighted by atomic mass is 9.95. The number of esters is 1. The van der Waals surface area contributed by atoms with Crippen LogP contribution in [0.15, 0.2) is 0 Å². The van der Waals surface area contributed by atoms with Crippen LogP contribution in [-0.4, -0.2) is 67.5 Å². The van der Waals surface area contributed by atoms with Gasteiger partial charge in [0.1, 0.15) is 6.10 Å². The molecular formula is C29H58NO6P. The molecule has 0 aromatic rings. The summed E-state index contributed by atoms with van der Waals surface area (Å²) in [7, 11) is -3.73. The molecule has 3 atom stereocenters. The number of ether oxygens (including phenoxy) is 2. The van der Waals surface area contributed by atoms with Gasteiger partial charge in [-0.05, 0) is 38.3 Å². The molecule has 1 aliphatic rings. The molecule has 1 rings (SSSR count). The van der Waals surface area contributed by atoms with E-state index in [4.69, 9.17) is 14.0 Å². The molecule has 0 spiro atoms. The normalized spacial score (nSPS) is 17.5. The van der Waals surface area contributed by atoms with Crippen LogP contribution in [0.25, 0.3) is 0 Å². The van der Waals surface area contributed by atoms with E-state index in [1.165, 1.54) is 70.6 Å². The number of nitrogens with zero attached hydrogens (tertiary/aromatic N) is 1. The summed E-state index contributed by atoms with van der Waals surface area (Å²) in [4.78, 5) is 24.2. The quantitative estimate of drug-likeness (QED) is 0.0726. The molecule has 220 valence electrons. The maximum Gasteiger partial charge on any atom is 0.329 e. The fraction of sp³-hybridized carbons (Fsp3) is 0.966. The average molecular weight is 548 g/mol. The van der Waals surface area contributed by atoms with E-state index in [1.807, 2.05) is 0 Å². The maximum absolute atomic E-state index is 12.5. The van der Waals surface area contributed by atoms with Crippen molar-refractivity contribution in [1.82, 2.24) is 4.90 Å². The number of rotatable bonds is 25. The van der Waals surface area contributed by atoms with Gasteiger partial charge >= 0.3 is 13.6 Å². The highest BCUT2D eigenvalue weighted by Crippen LogP contribution is 2.42. The van der Waals surface area contributed by atoms with Crippen molar-refractivity contribution in [3.63, 3.8) is 0 Å². The average Bonchev–Trinajstić information content (AvgIpc) is 3.42. The van der Waals surface area contributed by atoms with Crippen LogP contribution in [0, 0.1) is 5.92 Å². The lowest BCUT2D eigenvalue weighted by molar-refractivity contribution is -0.154. The Bertz CT molecular complexity index is 599. The molecule has 7 nitrogen and oxygen atoms in total. The van der Waals surface area contributed by atoms with Crippen LogP contribution in [0.3, 0.4) is 0 Å². The summed E-state index contributed by atoms with van der Waals surface area (Å²) in [6.07, 6.45) is 18.9. The molecule has 0 aromatic carbocycles. The highest BCUT2D eigenvalue weighted by molar-refractivity contribution is 7.52. The zero-order valence-corrected chi connectivity index (χ0v) is 25.2. The number of hydrogen-bond acceptors (Lipinski definition) is 6. The van der Waals surface area contributed by atoms with Crippen LogP contribution < -0.4 is 0 Å². The summed E-state index contributed by atoms with van der Waals surface area (Å²) in [6.45, 7) is 9.41. The Labute approximate surface area is 227 Å². The molecule has 1 fully saturated rings. The van der Waals surface area contributed by atoms with Gasteiger partial charge < -0.3 is 23.8 Å². The number of carbonyl (C=O) groups is 1. The van der Waals surface area contributed by atoms with Gasteiger partial charge in [0.25, 0.3) is 0 Å². The van der Waals surface area contributed by atoms with Crippen LogP contribution in [0.1, 0.15) is 124 Å². The van der Waals surface area contributed by atoms with Crippen LogP contribution >= 0.6 is 7.60 Å². The lowest BCUT2D eigenvalue weighted by Gasteiger charge is -2.22. The van der Waals surface area contributed by atoms with E-state index >= 15 is 0 Å². The molecule has 3 unspecified atom stereocenters. The van der Waals surface area contributed by atoms with Gasteiger partial charge in [-0.1, -0.05) is 97.8 Å². The molecule has 1 heterocycles. The molecule has 0 saturated carbocycles. The first-order valence-electron chi connectivity index (χ1n) is 15.4. The molecule has 1 aliphatic heterocycles. The number of hydrogen-bond donors (Lipinski definition) is 1. The number of unbranched alkanes of at least 4 members (excludes halogenated alkanes) is 9. The largest absolute Gasteiger partial charge is 0.457 e. The molecule has 0 amide bonds. The van der Waals surface area contributed by atoms with Crippen molar-refractivity contribution in [3.8, 4) is 0 Å². The van der Waals surface area contributed by atoms with E-state index in [1.54, 1.807) is 6.92 Å². The Morgan fingerprint density at radius 2 is 1.51 bits per heavy atom. The van der Waals surface area contributed by atoms with Gasteiger partial charge in [0, 0.05) is 19.6 Å². The number of likely N-dealkylation sites (tertiary alicyclic amines) is 1. The Morgan fingerprint density at radius 3 is 2.11 bits per heavy atom. The topological polar surface area (TPSA) is 85.3 Å². The van der Waals surface area contributed by atoms with Crippen molar-refractivity contribution in [1.29, 1.82) is 0 Å². The summed E-state index contributed by atoms with van der Waals surface area (Å²) in [6, 6.07) is 0. The van der Waals surface area contributed by atoms with E-state index in [0.717, 1.165) is 38.8 Å². The van der Waals surface area contributed by atoms with Gasteiger partial charge in [0.05, 0.1) is 19.4 Å². The molecule has 0 aliphatic carbocycles. The second-order valence-electron chi connectivity index (χ2n) is 10.8. The van der Waals surface area contributed by atoms with Crippen molar-refractivity contribution in [2.75, 3.05) is 45.6 Å². The van der Waals surface area contributed by atoms with E-state index in [9.17, 15) is 14.3 Å². The third-order valence-corrected chi connectivity index (χ3v) is 8.78. The van der Waals surface area contributed by atoms with Gasteiger partial charge in [0.2, 0.25) is 0 Å². The van der Waals surface area contributed by atoms with Crippen molar-refractivity contribution < 1.29 is 28.3 Å². The molecule has 0 radical (unpaired) electrons. The molecule has 37 heavy (non-hydrogen) atoms. The first-order valence-corrected chi connectivity index (χ1v) is 17.1. The second-order valence-corrected chi connectivity index (χ2v) is 12.8. The summed E-state index contributed by atoms with van der Waals surface area (Å²) < 4.78 is 29.0. The monoisotopic (exact) mass is 547 g/mol. The minimum absolute atomic E-state index is 0.0967. The Morgan fingerprint density at radius 1 is 0.892 bits per heavy atom. The van der Waals surface area contributed by atoms with E-state index in [-0.39, 0.29) is 31.8 Å². The summed E-state index contributed by atoms with van der Waals surface area (Å²) in [5, 5.41) is 0. The Balaban J connectivity index is 2.21. The first-order chi connectivity index (χ1) is 17.9. The van der Waals surface area contributed by atoms with Crippen LogP contribution in [0.2, 0.25) is 0 Å². The molecule has 1 saturated heterocycles. The fourth-order valence-electron chi connectivity index (χ4n) is 4.86. The standard InChI is InChI=1S/C29H58NO6P/c1-4-7-8-9-10-11-12-13-14-15-18-27(5-2)19-23-34-25-28(36-29(31)6-3)26-35-37(32,33)24-22-30-20-16-17-21-30/h27-28H,4-26H2,1-3H3,(H,32,33). The molecule has 0 aromatic heterocycles. The predicted octanol–water partition coefficient (Wildman–Crippen LogP) is 7.35. The van der Waals surface area contributed by atoms with Crippen molar-refractivity contribution in [3.05, 3.63) is 0 Å². The summed E-state index contributed by atoms with van der Waals surface area (Å²) >= 11 is 0. The lowest BCUT2D eigenvalue weighted by Crippen LogP contribution is -2.29. The first kappa shape index (κ1) is 34.6. The van der Waals surface area contributed by atoms with Gasteiger partial charge in [0.15, 0.2) is 0 Å². The van der Waals surface area contributed by atoms with Gasteiger partial charge in [-0.3, -0.25) is 9.36 Å². The van der Waals surface area contributed by atoms with Crippen LogP contribution in [-0.2, 0) is 23.4 Å². The third kappa shape index (κ3) is 19.3. The number of carbonyl (C=O) groups excluding carboxylic acids is 1. The Hall–Kier alpha value is -0.460. The third-order valence-electron chi connectivity index (χ3n) is 7.46. The summed E-state index contributed by atoms with van der Waals surface area (Å²) in [5.41, 5.74) is 0. The Kier molecular flexibility index (Phi) is 20.9. The summed E-state index contributed by atoms with van der Waals surface area (Å²) in [5.74, 6) is 0.291. The highest BCUT2D eigenvalue weighted by atomic mass is 31.2. The molecular weight excluding hydrogens is 489 g/mol. The fourth-order valence-corrected chi connectivity index (χ4v) is 5.93. The van der Waals surface area contributed by atoms with Gasteiger partial charge in [-0.2, -0.15) is 0 Å². The van der Waals surface area contributed by atoms with Gasteiger partial charge in [-0.25, -0.2) is 0 Å². The van der Waals surface area contributed by atoms with Crippen LogP contribution in [0.4, 0.5) is 0 Å². The zero-order valence-electron chi connectivity index (χ0n) is 24.3. The molecule has 8 heteroatoms. The molecule has 0 bridgehead atoms.